The van der Waals surface area contributed by atoms with Gasteiger partial charge in [-0.05, 0) is 36.2 Å². The fourth-order valence-corrected chi connectivity index (χ4v) is 4.57. The van der Waals surface area contributed by atoms with Crippen LogP contribution in [0.3, 0.4) is 0 Å². The van der Waals surface area contributed by atoms with E-state index in [9.17, 15) is 14.4 Å². The number of amides is 4. The van der Waals surface area contributed by atoms with Crippen molar-refractivity contribution in [2.24, 2.45) is 5.92 Å². The van der Waals surface area contributed by atoms with Gasteiger partial charge in [0.15, 0.2) is 11.5 Å². The fourth-order valence-electron chi connectivity index (χ4n) is 4.57. The van der Waals surface area contributed by atoms with Crippen LogP contribution in [-0.4, -0.2) is 86.0 Å². The number of piperazine rings is 1. The van der Waals surface area contributed by atoms with Crippen molar-refractivity contribution in [2.45, 2.75) is 12.8 Å². The molecule has 9 nitrogen and oxygen atoms in total. The van der Waals surface area contributed by atoms with E-state index in [-0.39, 0.29) is 30.2 Å². The van der Waals surface area contributed by atoms with Crippen molar-refractivity contribution in [2.75, 3.05) is 58.8 Å². The number of hydrogen-bond acceptors (Lipinski definition) is 5. The molecule has 0 unspecified atom stereocenters. The number of anilines is 1. The van der Waals surface area contributed by atoms with Gasteiger partial charge in [0.05, 0.1) is 20.1 Å². The molecule has 35 heavy (non-hydrogen) atoms. The highest BCUT2D eigenvalue weighted by atomic mass is 16.5. The monoisotopic (exact) mass is 480 g/mol. The number of carbonyl (C=O) groups is 3. The highest BCUT2D eigenvalue weighted by molar-refractivity contribution is 5.91. The molecule has 4 amide bonds. The zero-order chi connectivity index (χ0) is 24.8. The first kappa shape index (κ1) is 24.4. The van der Waals surface area contributed by atoms with Crippen LogP contribution in [-0.2, 0) is 16.0 Å². The van der Waals surface area contributed by atoms with Gasteiger partial charge in [0.25, 0.3) is 0 Å². The highest BCUT2D eigenvalue weighted by Crippen LogP contribution is 2.28. The Morgan fingerprint density at radius 2 is 1.63 bits per heavy atom. The van der Waals surface area contributed by atoms with Crippen molar-refractivity contribution >= 4 is 23.5 Å². The van der Waals surface area contributed by atoms with E-state index in [2.05, 4.69) is 5.32 Å². The van der Waals surface area contributed by atoms with Crippen LogP contribution < -0.4 is 14.8 Å². The molecule has 2 aromatic carbocycles. The van der Waals surface area contributed by atoms with Crippen LogP contribution in [0.2, 0.25) is 0 Å². The Labute approximate surface area is 205 Å². The minimum atomic E-state index is -0.336. The first-order valence-corrected chi connectivity index (χ1v) is 11.9. The number of hydrogen-bond donors (Lipinski definition) is 1. The van der Waals surface area contributed by atoms with Crippen molar-refractivity contribution in [3.8, 4) is 11.5 Å². The zero-order valence-corrected chi connectivity index (χ0v) is 20.2. The second-order valence-corrected chi connectivity index (χ2v) is 8.79. The Bertz CT molecular complexity index is 1050. The molecule has 186 valence electrons. The van der Waals surface area contributed by atoms with Gasteiger partial charge in [-0.15, -0.1) is 0 Å². The summed E-state index contributed by atoms with van der Waals surface area (Å²) in [4.78, 5) is 43.4. The van der Waals surface area contributed by atoms with E-state index in [0.29, 0.717) is 57.2 Å². The van der Waals surface area contributed by atoms with E-state index in [1.807, 2.05) is 48.5 Å². The molecule has 0 aromatic heterocycles. The molecule has 4 rings (SSSR count). The highest BCUT2D eigenvalue weighted by Gasteiger charge is 2.37. The summed E-state index contributed by atoms with van der Waals surface area (Å²) in [7, 11) is 3.19. The van der Waals surface area contributed by atoms with E-state index in [4.69, 9.17) is 9.47 Å². The van der Waals surface area contributed by atoms with Gasteiger partial charge < -0.3 is 29.5 Å². The van der Waals surface area contributed by atoms with Gasteiger partial charge in [0.1, 0.15) is 0 Å². The van der Waals surface area contributed by atoms with Crippen molar-refractivity contribution in [3.05, 3.63) is 54.1 Å². The number of likely N-dealkylation sites (tertiary alicyclic amines) is 1. The number of urea groups is 1. The molecule has 1 atom stereocenters. The number of nitrogens with one attached hydrogen (secondary N) is 1. The standard InChI is InChI=1S/C26H32N4O5/c1-34-22-9-8-19(16-23(22)35-2)10-11-30-18-20(17-24(30)31)25(32)28-12-14-29(15-13-28)26(33)27-21-6-4-3-5-7-21/h3-9,16,20H,10-15,17-18H2,1-2H3,(H,27,33)/t20-/m0/s1. The van der Waals surface area contributed by atoms with E-state index >= 15 is 0 Å². The van der Waals surface area contributed by atoms with Crippen LogP contribution in [0.15, 0.2) is 48.5 Å². The smallest absolute Gasteiger partial charge is 0.321 e. The second-order valence-electron chi connectivity index (χ2n) is 8.79. The van der Waals surface area contributed by atoms with Crippen LogP contribution in [0.5, 0.6) is 11.5 Å². The van der Waals surface area contributed by atoms with Crippen LogP contribution in [0.25, 0.3) is 0 Å². The summed E-state index contributed by atoms with van der Waals surface area (Å²) < 4.78 is 10.6. The Morgan fingerprint density at radius 3 is 2.31 bits per heavy atom. The van der Waals surface area contributed by atoms with E-state index in [0.717, 1.165) is 11.3 Å². The fraction of sp³-hybridized carbons (Fsp3) is 0.423. The lowest BCUT2D eigenvalue weighted by atomic mass is 10.1. The van der Waals surface area contributed by atoms with Crippen LogP contribution in [0.1, 0.15) is 12.0 Å². The maximum absolute atomic E-state index is 13.1. The Balaban J connectivity index is 1.25. The van der Waals surface area contributed by atoms with Gasteiger partial charge in [-0.3, -0.25) is 9.59 Å². The predicted molar refractivity (Wildman–Crippen MR) is 132 cm³/mol. The van der Waals surface area contributed by atoms with Crippen LogP contribution in [0, 0.1) is 5.92 Å². The van der Waals surface area contributed by atoms with E-state index < -0.39 is 0 Å². The summed E-state index contributed by atoms with van der Waals surface area (Å²) in [6.45, 7) is 2.85. The van der Waals surface area contributed by atoms with Gasteiger partial charge in [-0.25, -0.2) is 4.79 Å². The number of carbonyl (C=O) groups excluding carboxylic acids is 3. The average molecular weight is 481 g/mol. The Hall–Kier alpha value is -3.75. The molecular formula is C26H32N4O5. The molecule has 2 heterocycles. The number of nitrogens with zero attached hydrogens (tertiary/aromatic N) is 3. The Kier molecular flexibility index (Phi) is 7.74. The molecule has 2 aliphatic rings. The topological polar surface area (TPSA) is 91.4 Å². The number of benzene rings is 2. The minimum Gasteiger partial charge on any atom is -0.493 e. The molecule has 1 N–H and O–H groups in total. The zero-order valence-electron chi connectivity index (χ0n) is 20.2. The molecule has 0 radical (unpaired) electrons. The third kappa shape index (κ3) is 5.85. The van der Waals surface area contributed by atoms with Gasteiger partial charge in [-0.2, -0.15) is 0 Å². The third-order valence-electron chi connectivity index (χ3n) is 6.59. The van der Waals surface area contributed by atoms with Gasteiger partial charge in [0, 0.05) is 51.4 Å². The lowest BCUT2D eigenvalue weighted by molar-refractivity contribution is -0.137. The quantitative estimate of drug-likeness (QED) is 0.658. The number of rotatable bonds is 7. The SMILES string of the molecule is COc1ccc(CCN2C[C@@H](C(=O)N3CCN(C(=O)Nc4ccccc4)CC3)CC2=O)cc1OC. The normalized spacial score (nSPS) is 17.9. The predicted octanol–water partition coefficient (Wildman–Crippen LogP) is 2.47. The number of para-hydroxylation sites is 1. The van der Waals surface area contributed by atoms with Gasteiger partial charge in [-0.1, -0.05) is 24.3 Å². The maximum atomic E-state index is 13.1. The molecule has 0 bridgehead atoms. The van der Waals surface area contributed by atoms with E-state index in [1.54, 1.807) is 28.9 Å². The van der Waals surface area contributed by atoms with Crippen molar-refractivity contribution in [3.63, 3.8) is 0 Å². The summed E-state index contributed by atoms with van der Waals surface area (Å²) in [6.07, 6.45) is 0.904. The lowest BCUT2D eigenvalue weighted by Crippen LogP contribution is -2.53. The third-order valence-corrected chi connectivity index (χ3v) is 6.59. The summed E-state index contributed by atoms with van der Waals surface area (Å²) in [5.41, 5.74) is 1.78. The minimum absolute atomic E-state index is 0.00435. The maximum Gasteiger partial charge on any atom is 0.321 e. The molecule has 2 saturated heterocycles. The van der Waals surface area contributed by atoms with Crippen molar-refractivity contribution in [1.82, 2.24) is 14.7 Å². The molecule has 0 aliphatic carbocycles. The first-order chi connectivity index (χ1) is 17.0. The van der Waals surface area contributed by atoms with E-state index in [1.165, 1.54) is 0 Å². The number of ether oxygens (including phenoxy) is 2. The second kappa shape index (κ2) is 11.1. The molecule has 0 spiro atoms. The average Bonchev–Trinajstić information content (AvgIpc) is 3.27. The lowest BCUT2D eigenvalue weighted by Gasteiger charge is -2.35. The number of methoxy groups -OCH3 is 2. The summed E-state index contributed by atoms with van der Waals surface area (Å²) in [5.74, 6) is 0.983. The molecule has 0 saturated carbocycles. The van der Waals surface area contributed by atoms with Gasteiger partial charge in [0.2, 0.25) is 11.8 Å². The molecule has 2 aliphatic heterocycles. The Morgan fingerprint density at radius 1 is 0.943 bits per heavy atom. The largest absolute Gasteiger partial charge is 0.493 e. The van der Waals surface area contributed by atoms with Gasteiger partial charge >= 0.3 is 6.03 Å². The van der Waals surface area contributed by atoms with Crippen LogP contribution in [0.4, 0.5) is 10.5 Å². The summed E-state index contributed by atoms with van der Waals surface area (Å²) in [6, 6.07) is 14.9. The molecule has 2 fully saturated rings. The molecule has 9 heteroatoms. The van der Waals surface area contributed by atoms with Crippen molar-refractivity contribution in [1.29, 1.82) is 0 Å². The van der Waals surface area contributed by atoms with Crippen LogP contribution >= 0.6 is 0 Å². The summed E-state index contributed by atoms with van der Waals surface area (Å²) in [5, 5.41) is 2.88. The molecule has 2 aromatic rings. The van der Waals surface area contributed by atoms with Crippen molar-refractivity contribution < 1.29 is 23.9 Å². The molecular weight excluding hydrogens is 448 g/mol. The summed E-state index contributed by atoms with van der Waals surface area (Å²) >= 11 is 0. The first-order valence-electron chi connectivity index (χ1n) is 11.9.